The van der Waals surface area contributed by atoms with E-state index in [9.17, 15) is 8.78 Å². The molecule has 100 valence electrons. The number of hydrogen-bond acceptors (Lipinski definition) is 2. The van der Waals surface area contributed by atoms with E-state index in [0.717, 1.165) is 6.07 Å². The third-order valence-electron chi connectivity index (χ3n) is 2.86. The lowest BCUT2D eigenvalue weighted by Crippen LogP contribution is -1.99. The molecular formula is C14H8ClF2N3. The smallest absolute Gasteiger partial charge is 0.138 e. The fourth-order valence-corrected chi connectivity index (χ4v) is 2.27. The molecule has 0 N–H and O–H groups in total. The third-order valence-corrected chi connectivity index (χ3v) is 3.17. The predicted octanol–water partition coefficient (Wildman–Crippen LogP) is 3.87. The van der Waals surface area contributed by atoms with E-state index in [-0.39, 0.29) is 5.56 Å². The van der Waals surface area contributed by atoms with Crippen molar-refractivity contribution in [1.82, 2.24) is 14.8 Å². The van der Waals surface area contributed by atoms with Crippen LogP contribution in [-0.4, -0.2) is 14.8 Å². The minimum atomic E-state index is -0.681. The summed E-state index contributed by atoms with van der Waals surface area (Å²) in [5, 5.41) is 4.36. The number of hydrogen-bond donors (Lipinski definition) is 0. The first-order chi connectivity index (χ1) is 9.66. The molecule has 20 heavy (non-hydrogen) atoms. The Labute approximate surface area is 118 Å². The van der Waals surface area contributed by atoms with Gasteiger partial charge < -0.3 is 0 Å². The van der Waals surface area contributed by atoms with Crippen LogP contribution in [0.25, 0.3) is 16.8 Å². The molecular weight excluding hydrogens is 284 g/mol. The predicted molar refractivity (Wildman–Crippen MR) is 71.7 cm³/mol. The van der Waals surface area contributed by atoms with Gasteiger partial charge in [0.15, 0.2) is 0 Å². The quantitative estimate of drug-likeness (QED) is 0.717. The second-order valence-corrected chi connectivity index (χ2v) is 4.51. The molecule has 3 aromatic rings. The first kappa shape index (κ1) is 12.7. The van der Waals surface area contributed by atoms with Gasteiger partial charge in [0.05, 0.1) is 10.7 Å². The number of aromatic nitrogens is 3. The zero-order valence-corrected chi connectivity index (χ0v) is 10.9. The van der Waals surface area contributed by atoms with E-state index < -0.39 is 11.6 Å². The van der Waals surface area contributed by atoms with Crippen molar-refractivity contribution in [2.75, 3.05) is 0 Å². The van der Waals surface area contributed by atoms with Gasteiger partial charge >= 0.3 is 0 Å². The van der Waals surface area contributed by atoms with Gasteiger partial charge in [-0.2, -0.15) is 5.10 Å². The molecule has 1 heterocycles. The van der Waals surface area contributed by atoms with Gasteiger partial charge in [-0.1, -0.05) is 17.7 Å². The van der Waals surface area contributed by atoms with Crippen LogP contribution in [0.4, 0.5) is 8.78 Å². The minimum absolute atomic E-state index is 0.211. The van der Waals surface area contributed by atoms with Crippen molar-refractivity contribution in [3.8, 4) is 16.8 Å². The van der Waals surface area contributed by atoms with Crippen LogP contribution in [0.1, 0.15) is 0 Å². The van der Waals surface area contributed by atoms with Crippen LogP contribution >= 0.6 is 11.6 Å². The Balaban J connectivity index is 2.28. The standard InChI is InChI=1S/C14H8ClF2N3/c15-11-2-1-3-13(20-8-18-7-19-20)14(11)10-5-4-9(16)6-12(10)17/h1-8H. The van der Waals surface area contributed by atoms with Gasteiger partial charge in [-0.15, -0.1) is 0 Å². The molecule has 0 bridgehead atoms. The highest BCUT2D eigenvalue weighted by molar-refractivity contribution is 6.33. The Hall–Kier alpha value is -2.27. The van der Waals surface area contributed by atoms with Crippen molar-refractivity contribution in [3.05, 3.63) is 65.7 Å². The van der Waals surface area contributed by atoms with Gasteiger partial charge in [0.1, 0.15) is 24.3 Å². The SMILES string of the molecule is Fc1ccc(-c2c(Cl)cccc2-n2cncn2)c(F)c1. The molecule has 0 fully saturated rings. The maximum Gasteiger partial charge on any atom is 0.138 e. The van der Waals surface area contributed by atoms with E-state index in [4.69, 9.17) is 11.6 Å². The van der Waals surface area contributed by atoms with Gasteiger partial charge in [0.2, 0.25) is 0 Å². The summed E-state index contributed by atoms with van der Waals surface area (Å²) in [7, 11) is 0. The summed E-state index contributed by atoms with van der Waals surface area (Å²) in [4.78, 5) is 3.85. The van der Waals surface area contributed by atoms with Gasteiger partial charge in [0, 0.05) is 17.2 Å². The van der Waals surface area contributed by atoms with E-state index >= 15 is 0 Å². The zero-order chi connectivity index (χ0) is 14.1. The van der Waals surface area contributed by atoms with Gasteiger partial charge in [-0.05, 0) is 24.3 Å². The molecule has 0 spiro atoms. The van der Waals surface area contributed by atoms with Crippen LogP contribution in [0.15, 0.2) is 49.1 Å². The lowest BCUT2D eigenvalue weighted by Gasteiger charge is -2.12. The Kier molecular flexibility index (Phi) is 3.20. The summed E-state index contributed by atoms with van der Waals surface area (Å²) < 4.78 is 28.5. The average Bonchev–Trinajstić information content (AvgIpc) is 2.93. The van der Waals surface area contributed by atoms with Crippen molar-refractivity contribution in [3.63, 3.8) is 0 Å². The Morgan fingerprint density at radius 1 is 1.10 bits per heavy atom. The highest BCUT2D eigenvalue weighted by Gasteiger charge is 2.15. The van der Waals surface area contributed by atoms with E-state index in [1.54, 1.807) is 18.2 Å². The molecule has 0 amide bonds. The molecule has 0 radical (unpaired) electrons. The van der Waals surface area contributed by atoms with E-state index in [2.05, 4.69) is 10.1 Å². The van der Waals surface area contributed by atoms with Crippen LogP contribution in [0.2, 0.25) is 5.02 Å². The molecule has 0 aliphatic rings. The molecule has 2 aromatic carbocycles. The van der Waals surface area contributed by atoms with Gasteiger partial charge in [-0.25, -0.2) is 18.4 Å². The molecule has 3 rings (SSSR count). The fourth-order valence-electron chi connectivity index (χ4n) is 2.00. The maximum atomic E-state index is 14.0. The van der Waals surface area contributed by atoms with Gasteiger partial charge in [-0.3, -0.25) is 0 Å². The maximum absolute atomic E-state index is 14.0. The van der Waals surface area contributed by atoms with Crippen molar-refractivity contribution >= 4 is 11.6 Å². The third kappa shape index (κ3) is 2.16. The van der Waals surface area contributed by atoms with Crippen molar-refractivity contribution in [2.45, 2.75) is 0 Å². The summed E-state index contributed by atoms with van der Waals surface area (Å²) in [6, 6.07) is 8.46. The van der Waals surface area contributed by atoms with Crippen LogP contribution < -0.4 is 0 Å². The van der Waals surface area contributed by atoms with Crippen molar-refractivity contribution in [1.29, 1.82) is 0 Å². The zero-order valence-electron chi connectivity index (χ0n) is 10.1. The normalized spacial score (nSPS) is 10.8. The fraction of sp³-hybridized carbons (Fsp3) is 0. The second-order valence-electron chi connectivity index (χ2n) is 4.10. The molecule has 3 nitrogen and oxygen atoms in total. The number of halogens is 3. The highest BCUT2D eigenvalue weighted by Crippen LogP contribution is 2.35. The van der Waals surface area contributed by atoms with Crippen LogP contribution in [0.3, 0.4) is 0 Å². The summed E-state index contributed by atoms with van der Waals surface area (Å²) in [5.41, 5.74) is 1.22. The number of benzene rings is 2. The average molecular weight is 292 g/mol. The van der Waals surface area contributed by atoms with E-state index in [0.29, 0.717) is 16.3 Å². The summed E-state index contributed by atoms with van der Waals surface area (Å²) in [6.45, 7) is 0. The molecule has 1 aromatic heterocycles. The van der Waals surface area contributed by atoms with Crippen LogP contribution in [-0.2, 0) is 0 Å². The van der Waals surface area contributed by atoms with E-state index in [1.807, 2.05) is 0 Å². The first-order valence-electron chi connectivity index (χ1n) is 5.76. The van der Waals surface area contributed by atoms with Crippen molar-refractivity contribution < 1.29 is 8.78 Å². The van der Waals surface area contributed by atoms with Crippen LogP contribution in [0, 0.1) is 11.6 Å². The van der Waals surface area contributed by atoms with Crippen LogP contribution in [0.5, 0.6) is 0 Å². The second kappa shape index (κ2) is 5.02. The summed E-state index contributed by atoms with van der Waals surface area (Å²) in [5.74, 6) is -1.32. The molecule has 0 aliphatic heterocycles. The summed E-state index contributed by atoms with van der Waals surface area (Å²) in [6.07, 6.45) is 2.85. The lowest BCUT2D eigenvalue weighted by atomic mass is 10.0. The molecule has 0 unspecified atom stereocenters. The highest BCUT2D eigenvalue weighted by atomic mass is 35.5. The number of rotatable bonds is 2. The van der Waals surface area contributed by atoms with E-state index in [1.165, 1.54) is 29.5 Å². The topological polar surface area (TPSA) is 30.7 Å². The monoisotopic (exact) mass is 291 g/mol. The Morgan fingerprint density at radius 2 is 1.95 bits per heavy atom. The Bertz CT molecular complexity index is 757. The minimum Gasteiger partial charge on any atom is -0.223 e. The summed E-state index contributed by atoms with van der Waals surface area (Å²) >= 11 is 6.17. The molecule has 0 saturated carbocycles. The molecule has 6 heteroatoms. The van der Waals surface area contributed by atoms with Gasteiger partial charge in [0.25, 0.3) is 0 Å². The molecule has 0 aliphatic carbocycles. The molecule has 0 atom stereocenters. The molecule has 0 saturated heterocycles. The van der Waals surface area contributed by atoms with Crippen molar-refractivity contribution in [2.24, 2.45) is 0 Å². The largest absolute Gasteiger partial charge is 0.223 e. The first-order valence-corrected chi connectivity index (χ1v) is 6.13. The number of nitrogens with zero attached hydrogens (tertiary/aromatic N) is 3. The Morgan fingerprint density at radius 3 is 2.65 bits per heavy atom. The lowest BCUT2D eigenvalue weighted by molar-refractivity contribution is 0.585.